The maximum absolute atomic E-state index is 13.7. The molecule has 9 nitrogen and oxygen atoms in total. The summed E-state index contributed by atoms with van der Waals surface area (Å²) in [5, 5.41) is 8.96. The van der Waals surface area contributed by atoms with E-state index in [1.165, 1.54) is 25.0 Å². The zero-order valence-electron chi connectivity index (χ0n) is 22.1. The molecular formula is C29H34FN7O2. The fraction of sp³-hybridized carbons (Fsp3) is 0.621. The molecule has 1 aromatic carbocycles. The molecule has 2 amide bonds. The van der Waals surface area contributed by atoms with Gasteiger partial charge in [0.15, 0.2) is 11.6 Å². The van der Waals surface area contributed by atoms with Gasteiger partial charge in [0.05, 0.1) is 12.0 Å². The minimum atomic E-state index is -0.253. The molecular weight excluding hydrogens is 497 g/mol. The molecule has 3 saturated carbocycles. The summed E-state index contributed by atoms with van der Waals surface area (Å²) in [5.41, 5.74) is 1.25. The largest absolute Gasteiger partial charge is 0.339 e. The first-order chi connectivity index (χ1) is 19.0. The molecule has 8 rings (SSSR count). The van der Waals surface area contributed by atoms with E-state index in [9.17, 15) is 9.18 Å². The summed E-state index contributed by atoms with van der Waals surface area (Å²) in [4.78, 5) is 26.6. The molecule has 5 aliphatic rings. The molecule has 3 aliphatic carbocycles. The van der Waals surface area contributed by atoms with Gasteiger partial charge >= 0.3 is 6.03 Å². The Morgan fingerprint density at radius 2 is 1.64 bits per heavy atom. The number of urea groups is 1. The lowest BCUT2D eigenvalue weighted by Gasteiger charge is -2.59. The van der Waals surface area contributed by atoms with E-state index in [1.807, 2.05) is 28.3 Å². The second kappa shape index (κ2) is 8.86. The van der Waals surface area contributed by atoms with E-state index in [4.69, 9.17) is 14.6 Å². The van der Waals surface area contributed by atoms with Gasteiger partial charge in [-0.3, -0.25) is 0 Å². The maximum Gasteiger partial charge on any atom is 0.320 e. The molecule has 0 radical (unpaired) electrons. The Kier molecular flexibility index (Phi) is 5.35. The highest BCUT2D eigenvalue weighted by molar-refractivity contribution is 5.75. The Balaban J connectivity index is 0.879. The molecule has 2 aromatic heterocycles. The lowest BCUT2D eigenvalue weighted by atomic mass is 9.61. The van der Waals surface area contributed by atoms with E-state index in [0.717, 1.165) is 68.8 Å². The zero-order chi connectivity index (χ0) is 26.1. The predicted octanol–water partition coefficient (Wildman–Crippen LogP) is 4.86. The molecule has 2 aliphatic heterocycles. The Bertz CT molecular complexity index is 1360. The van der Waals surface area contributed by atoms with Crippen LogP contribution in [0, 0.1) is 17.2 Å². The second-order valence-electron chi connectivity index (χ2n) is 12.7. The van der Waals surface area contributed by atoms with Crippen molar-refractivity contribution in [3.63, 3.8) is 0 Å². The number of hydrogen-bond donors (Lipinski definition) is 0. The van der Waals surface area contributed by atoms with Gasteiger partial charge in [-0.2, -0.15) is 10.1 Å². The van der Waals surface area contributed by atoms with Gasteiger partial charge in [-0.25, -0.2) is 18.9 Å². The third-order valence-corrected chi connectivity index (χ3v) is 9.68. The topological polar surface area (TPSA) is 93.2 Å². The molecule has 1 atom stereocenters. The van der Waals surface area contributed by atoms with Crippen molar-refractivity contribution in [1.82, 2.24) is 34.7 Å². The van der Waals surface area contributed by atoms with Gasteiger partial charge in [0.25, 0.3) is 0 Å². The summed E-state index contributed by atoms with van der Waals surface area (Å²) in [6, 6.07) is 7.24. The molecule has 5 fully saturated rings. The summed E-state index contributed by atoms with van der Waals surface area (Å²) < 4.78 is 21.5. The van der Waals surface area contributed by atoms with Crippen molar-refractivity contribution >= 4 is 6.03 Å². The maximum atomic E-state index is 13.7. The van der Waals surface area contributed by atoms with Crippen molar-refractivity contribution in [2.24, 2.45) is 11.3 Å². The van der Waals surface area contributed by atoms with Gasteiger partial charge in [0.1, 0.15) is 12.1 Å². The van der Waals surface area contributed by atoms with E-state index in [-0.39, 0.29) is 29.1 Å². The van der Waals surface area contributed by atoms with Crippen molar-refractivity contribution in [1.29, 1.82) is 0 Å². The molecule has 0 N–H and O–H groups in total. The number of rotatable bonds is 6. The lowest BCUT2D eigenvalue weighted by Crippen LogP contribution is -2.66. The second-order valence-corrected chi connectivity index (χ2v) is 12.7. The van der Waals surface area contributed by atoms with Crippen LogP contribution in [0.15, 0.2) is 35.1 Å². The minimum absolute atomic E-state index is 0.0840. The molecule has 1 unspecified atom stereocenters. The van der Waals surface area contributed by atoms with Crippen LogP contribution in [0.3, 0.4) is 0 Å². The highest BCUT2D eigenvalue weighted by Crippen LogP contribution is 2.54. The van der Waals surface area contributed by atoms with Gasteiger partial charge in [-0.15, -0.1) is 0 Å². The highest BCUT2D eigenvalue weighted by atomic mass is 19.1. The number of halogens is 1. The number of likely N-dealkylation sites (tertiary alicyclic amines) is 2. The first kappa shape index (κ1) is 23.6. The van der Waals surface area contributed by atoms with E-state index in [0.29, 0.717) is 36.9 Å². The molecule has 3 aromatic rings. The van der Waals surface area contributed by atoms with Gasteiger partial charge in [-0.1, -0.05) is 17.3 Å². The minimum Gasteiger partial charge on any atom is -0.339 e. The standard InChI is InChI=1S/C29H34FN7O2/c30-22-7-5-18(6-8-22)24(27-32-26(34-39-27)21-3-4-21)19-9-11-35(12-10-19)28(38)36-15-29(16-36)13-23(14-29)37-17-31-25(33-37)20-1-2-20/h5-8,17,19-21,23-24H,1-4,9-16H2. The molecule has 204 valence electrons. The number of nitrogens with zero attached hydrogens (tertiary/aromatic N) is 7. The molecule has 2 saturated heterocycles. The van der Waals surface area contributed by atoms with Gasteiger partial charge in [0.2, 0.25) is 5.89 Å². The Labute approximate surface area is 226 Å². The smallest absolute Gasteiger partial charge is 0.320 e. The van der Waals surface area contributed by atoms with Crippen LogP contribution >= 0.6 is 0 Å². The van der Waals surface area contributed by atoms with Gasteiger partial charge < -0.3 is 14.3 Å². The van der Waals surface area contributed by atoms with Crippen LogP contribution in [-0.4, -0.2) is 66.9 Å². The average Bonchev–Trinajstić information content (AvgIpc) is 3.84. The average molecular weight is 532 g/mol. The van der Waals surface area contributed by atoms with Crippen molar-refractivity contribution in [3.8, 4) is 0 Å². The van der Waals surface area contributed by atoms with Crippen LogP contribution < -0.4 is 0 Å². The van der Waals surface area contributed by atoms with Crippen LogP contribution in [0.2, 0.25) is 0 Å². The zero-order valence-corrected chi connectivity index (χ0v) is 22.1. The van der Waals surface area contributed by atoms with Crippen molar-refractivity contribution in [2.45, 2.75) is 75.2 Å². The molecule has 4 heterocycles. The molecule has 39 heavy (non-hydrogen) atoms. The fourth-order valence-corrected chi connectivity index (χ4v) is 7.07. The highest BCUT2D eigenvalue weighted by Gasteiger charge is 2.55. The van der Waals surface area contributed by atoms with Crippen LogP contribution in [0.5, 0.6) is 0 Å². The normalized spacial score (nSPS) is 24.0. The number of carbonyl (C=O) groups excluding carboxylic acids is 1. The van der Waals surface area contributed by atoms with Crippen molar-refractivity contribution < 1.29 is 13.7 Å². The Hall–Kier alpha value is -3.30. The van der Waals surface area contributed by atoms with Crippen molar-refractivity contribution in [2.75, 3.05) is 26.2 Å². The van der Waals surface area contributed by atoms with Crippen LogP contribution in [-0.2, 0) is 0 Å². The molecule has 0 bridgehead atoms. The number of benzene rings is 1. The Morgan fingerprint density at radius 1 is 0.949 bits per heavy atom. The van der Waals surface area contributed by atoms with Gasteiger partial charge in [0, 0.05) is 43.4 Å². The summed E-state index contributed by atoms with van der Waals surface area (Å²) in [6.45, 7) is 3.10. The van der Waals surface area contributed by atoms with Crippen LogP contribution in [0.1, 0.15) is 98.3 Å². The molecule has 10 heteroatoms. The van der Waals surface area contributed by atoms with Gasteiger partial charge in [-0.05, 0) is 75.0 Å². The number of piperidine rings is 1. The van der Waals surface area contributed by atoms with E-state index in [1.54, 1.807) is 0 Å². The number of hydrogen-bond acceptors (Lipinski definition) is 6. The lowest BCUT2D eigenvalue weighted by molar-refractivity contribution is -0.0751. The quantitative estimate of drug-likeness (QED) is 0.451. The first-order valence-electron chi connectivity index (χ1n) is 14.6. The summed E-state index contributed by atoms with van der Waals surface area (Å²) in [5.74, 6) is 3.34. The first-order valence-corrected chi connectivity index (χ1v) is 14.6. The van der Waals surface area contributed by atoms with Crippen molar-refractivity contribution in [3.05, 3.63) is 59.5 Å². The third-order valence-electron chi connectivity index (χ3n) is 9.68. The van der Waals surface area contributed by atoms with E-state index < -0.39 is 0 Å². The Morgan fingerprint density at radius 3 is 2.33 bits per heavy atom. The third kappa shape index (κ3) is 4.32. The number of carbonyl (C=O) groups is 1. The summed E-state index contributed by atoms with van der Waals surface area (Å²) in [6.07, 6.45) is 10.4. The van der Waals surface area contributed by atoms with E-state index >= 15 is 0 Å². The monoisotopic (exact) mass is 531 g/mol. The van der Waals surface area contributed by atoms with Crippen LogP contribution in [0.4, 0.5) is 9.18 Å². The van der Waals surface area contributed by atoms with E-state index in [2.05, 4.69) is 14.8 Å². The molecule has 1 spiro atoms. The number of amides is 2. The SMILES string of the molecule is O=C(N1CCC(C(c2ccc(F)cc2)c2nc(C3CC3)no2)CC1)N1CC2(CC(n3cnc(C4CC4)n3)C2)C1. The number of aromatic nitrogens is 5. The van der Waals surface area contributed by atoms with Crippen LogP contribution in [0.25, 0.3) is 0 Å². The predicted molar refractivity (Wildman–Crippen MR) is 138 cm³/mol. The summed E-state index contributed by atoms with van der Waals surface area (Å²) in [7, 11) is 0. The summed E-state index contributed by atoms with van der Waals surface area (Å²) >= 11 is 0. The fourth-order valence-electron chi connectivity index (χ4n) is 7.07.